The van der Waals surface area contributed by atoms with Crippen molar-refractivity contribution in [3.63, 3.8) is 0 Å². The Morgan fingerprint density at radius 1 is 0.842 bits per heavy atom. The number of halogens is 2. The largest absolute Gasteiger partial charge is 0.381 e. The third kappa shape index (κ3) is 5.32. The van der Waals surface area contributed by atoms with Gasteiger partial charge in [0.15, 0.2) is 5.82 Å². The van der Waals surface area contributed by atoms with Crippen molar-refractivity contribution in [3.05, 3.63) is 65.2 Å². The summed E-state index contributed by atoms with van der Waals surface area (Å²) in [6.07, 6.45) is 4.57. The van der Waals surface area contributed by atoms with Crippen LogP contribution < -0.4 is 5.32 Å². The number of anilines is 1. The van der Waals surface area contributed by atoms with E-state index < -0.39 is 0 Å². The van der Waals surface area contributed by atoms with E-state index in [4.69, 9.17) is 4.74 Å². The van der Waals surface area contributed by atoms with Crippen molar-refractivity contribution >= 4 is 5.82 Å². The van der Waals surface area contributed by atoms with Gasteiger partial charge in [0.25, 0.3) is 0 Å². The summed E-state index contributed by atoms with van der Waals surface area (Å²) in [7, 11) is 0. The molecule has 5 nitrogen and oxygen atoms in total. The molecule has 38 heavy (non-hydrogen) atoms. The molecule has 200 valence electrons. The Bertz CT molecular complexity index is 1300. The van der Waals surface area contributed by atoms with Gasteiger partial charge in [-0.3, -0.25) is 0 Å². The number of nitrogens with one attached hydrogen (secondary N) is 1. The van der Waals surface area contributed by atoms with Gasteiger partial charge in [0.05, 0.1) is 5.69 Å². The lowest BCUT2D eigenvalue weighted by Gasteiger charge is -2.28. The monoisotopic (exact) mass is 518 g/mol. The summed E-state index contributed by atoms with van der Waals surface area (Å²) >= 11 is 0. The highest BCUT2D eigenvalue weighted by atomic mass is 19.1. The molecule has 6 rings (SSSR count). The first kappa shape index (κ1) is 25.4. The van der Waals surface area contributed by atoms with Crippen LogP contribution in [0.5, 0.6) is 0 Å². The van der Waals surface area contributed by atoms with Gasteiger partial charge in [0, 0.05) is 50.0 Å². The second-order valence-electron chi connectivity index (χ2n) is 11.5. The number of aromatic nitrogens is 2. The number of nitrogens with zero attached hydrogens (tertiary/aromatic N) is 3. The van der Waals surface area contributed by atoms with Crippen molar-refractivity contribution in [2.75, 3.05) is 38.2 Å². The van der Waals surface area contributed by atoms with Crippen LogP contribution in [0.15, 0.2) is 42.5 Å². The second kappa shape index (κ2) is 10.7. The Kier molecular flexibility index (Phi) is 7.14. The molecule has 3 aromatic rings. The molecule has 0 spiro atoms. The normalized spacial score (nSPS) is 24.1. The Morgan fingerprint density at radius 3 is 2.16 bits per heavy atom. The van der Waals surface area contributed by atoms with Crippen LogP contribution in [0.4, 0.5) is 14.6 Å². The van der Waals surface area contributed by atoms with Crippen LogP contribution in [0.2, 0.25) is 0 Å². The molecule has 2 atom stereocenters. The molecule has 3 heterocycles. The molecule has 1 aliphatic carbocycles. The van der Waals surface area contributed by atoms with Gasteiger partial charge >= 0.3 is 0 Å². The van der Waals surface area contributed by atoms with Crippen LogP contribution in [0.1, 0.15) is 36.8 Å². The Labute approximate surface area is 223 Å². The summed E-state index contributed by atoms with van der Waals surface area (Å²) in [5.41, 5.74) is 4.72. The van der Waals surface area contributed by atoms with Crippen molar-refractivity contribution in [3.8, 4) is 22.4 Å². The smallest absolute Gasteiger partial charge is 0.156 e. The quantitative estimate of drug-likeness (QED) is 0.418. The highest BCUT2D eigenvalue weighted by Crippen LogP contribution is 2.41. The molecule has 1 N–H and O–H groups in total. The molecule has 0 radical (unpaired) electrons. The number of benzene rings is 2. The van der Waals surface area contributed by atoms with Gasteiger partial charge in [-0.15, -0.1) is 10.2 Å². The average molecular weight is 519 g/mol. The van der Waals surface area contributed by atoms with E-state index in [-0.39, 0.29) is 11.6 Å². The summed E-state index contributed by atoms with van der Waals surface area (Å²) in [5, 5.41) is 12.8. The maximum atomic E-state index is 14.4. The number of rotatable bonds is 6. The zero-order valence-corrected chi connectivity index (χ0v) is 22.2. The summed E-state index contributed by atoms with van der Waals surface area (Å²) in [6.45, 7) is 9.24. The molecule has 2 saturated heterocycles. The highest BCUT2D eigenvalue weighted by molar-refractivity contribution is 5.81. The summed E-state index contributed by atoms with van der Waals surface area (Å²) in [6, 6.07) is 11.7. The van der Waals surface area contributed by atoms with Crippen molar-refractivity contribution in [1.82, 2.24) is 15.1 Å². The first-order chi connectivity index (χ1) is 18.4. The van der Waals surface area contributed by atoms with E-state index in [2.05, 4.69) is 20.4 Å². The van der Waals surface area contributed by atoms with E-state index in [0.717, 1.165) is 54.2 Å². The SMILES string of the molecule is Cc1ccc(F)cc1-c1cc(-c2cc(F)ccc2C)c(NC2CC3CN(CC4CCOCC4)CC3C2)nn1. The van der Waals surface area contributed by atoms with Crippen LogP contribution in [0.3, 0.4) is 0 Å². The van der Waals surface area contributed by atoms with Gasteiger partial charge in [0.1, 0.15) is 11.6 Å². The van der Waals surface area contributed by atoms with Crippen LogP contribution in [-0.2, 0) is 4.74 Å². The minimum Gasteiger partial charge on any atom is -0.381 e. The lowest BCUT2D eigenvalue weighted by molar-refractivity contribution is 0.0545. The van der Waals surface area contributed by atoms with Gasteiger partial charge in [0.2, 0.25) is 0 Å². The zero-order chi connectivity index (χ0) is 26.2. The van der Waals surface area contributed by atoms with E-state index in [9.17, 15) is 8.78 Å². The first-order valence-electron chi connectivity index (χ1n) is 13.9. The lowest BCUT2D eigenvalue weighted by Crippen LogP contribution is -2.32. The van der Waals surface area contributed by atoms with E-state index in [0.29, 0.717) is 35.0 Å². The molecule has 3 fully saturated rings. The number of hydrogen-bond donors (Lipinski definition) is 1. The predicted molar refractivity (Wildman–Crippen MR) is 146 cm³/mol. The van der Waals surface area contributed by atoms with Gasteiger partial charge in [-0.1, -0.05) is 12.1 Å². The van der Waals surface area contributed by atoms with Gasteiger partial charge < -0.3 is 15.0 Å². The maximum absolute atomic E-state index is 14.4. The van der Waals surface area contributed by atoms with Gasteiger partial charge in [-0.25, -0.2) is 8.78 Å². The molecule has 1 saturated carbocycles. The van der Waals surface area contributed by atoms with E-state index >= 15 is 0 Å². The molecule has 3 aliphatic rings. The molecular weight excluding hydrogens is 482 g/mol. The highest BCUT2D eigenvalue weighted by Gasteiger charge is 2.41. The number of likely N-dealkylation sites (tertiary alicyclic amines) is 1. The molecule has 0 bridgehead atoms. The van der Waals surface area contributed by atoms with Crippen molar-refractivity contribution in [2.24, 2.45) is 17.8 Å². The molecule has 2 aliphatic heterocycles. The Balaban J connectivity index is 1.22. The molecule has 2 unspecified atom stereocenters. The fourth-order valence-corrected chi connectivity index (χ4v) is 6.74. The second-order valence-corrected chi connectivity index (χ2v) is 11.5. The Morgan fingerprint density at radius 2 is 1.47 bits per heavy atom. The number of fused-ring (bicyclic) bond motifs is 1. The van der Waals surface area contributed by atoms with Crippen molar-refractivity contribution in [2.45, 2.75) is 45.6 Å². The minimum atomic E-state index is -0.318. The fraction of sp³-hybridized carbons (Fsp3) is 0.484. The van der Waals surface area contributed by atoms with Crippen LogP contribution in [-0.4, -0.2) is 54.0 Å². The number of aryl methyl sites for hydroxylation is 2. The fourth-order valence-electron chi connectivity index (χ4n) is 6.74. The minimum absolute atomic E-state index is 0.295. The summed E-state index contributed by atoms with van der Waals surface area (Å²) in [4.78, 5) is 2.67. The number of hydrogen-bond acceptors (Lipinski definition) is 5. The standard InChI is InChI=1S/C31H36F2N4O/c1-19-3-5-24(32)13-27(19)29-15-30(28-14-25(33)6-4-20(28)2)35-36-31(29)34-26-11-22-17-37(18-23(22)12-26)16-21-7-9-38-10-8-21/h3-6,13-15,21-23,26H,7-12,16-18H2,1-2H3,(H,34,36). The zero-order valence-electron chi connectivity index (χ0n) is 22.2. The maximum Gasteiger partial charge on any atom is 0.156 e. The molecule has 0 amide bonds. The van der Waals surface area contributed by atoms with Crippen molar-refractivity contribution in [1.29, 1.82) is 0 Å². The van der Waals surface area contributed by atoms with E-state index in [1.165, 1.54) is 50.7 Å². The van der Waals surface area contributed by atoms with E-state index in [1.807, 2.05) is 19.9 Å². The molecular formula is C31H36F2N4O. The third-order valence-corrected chi connectivity index (χ3v) is 8.78. The average Bonchev–Trinajstić information content (AvgIpc) is 3.46. The first-order valence-corrected chi connectivity index (χ1v) is 13.9. The Hall–Kier alpha value is -2.90. The topological polar surface area (TPSA) is 50.3 Å². The van der Waals surface area contributed by atoms with Gasteiger partial charge in [-0.05, 0) is 104 Å². The lowest BCUT2D eigenvalue weighted by atomic mass is 9.98. The van der Waals surface area contributed by atoms with Crippen LogP contribution >= 0.6 is 0 Å². The predicted octanol–water partition coefficient (Wildman–Crippen LogP) is 6.25. The third-order valence-electron chi connectivity index (χ3n) is 8.78. The molecule has 2 aromatic carbocycles. The van der Waals surface area contributed by atoms with Crippen molar-refractivity contribution < 1.29 is 13.5 Å². The van der Waals surface area contributed by atoms with E-state index in [1.54, 1.807) is 18.2 Å². The summed E-state index contributed by atoms with van der Waals surface area (Å²) in [5.74, 6) is 2.20. The molecule has 7 heteroatoms. The number of ether oxygens (including phenoxy) is 1. The van der Waals surface area contributed by atoms with Gasteiger partial charge in [-0.2, -0.15) is 0 Å². The van der Waals surface area contributed by atoms with Crippen LogP contribution in [0, 0.1) is 43.2 Å². The molecule has 1 aromatic heterocycles. The summed E-state index contributed by atoms with van der Waals surface area (Å²) < 4.78 is 34.0. The van der Waals surface area contributed by atoms with Crippen LogP contribution in [0.25, 0.3) is 22.4 Å².